The van der Waals surface area contributed by atoms with Gasteiger partial charge in [-0.3, -0.25) is 4.79 Å². The van der Waals surface area contributed by atoms with Gasteiger partial charge in [-0.1, -0.05) is 35.9 Å². The third kappa shape index (κ3) is 3.06. The number of carbonyl (C=O) groups excluding carboxylic acids is 2. The van der Waals surface area contributed by atoms with E-state index in [1.54, 1.807) is 24.3 Å². The lowest BCUT2D eigenvalue weighted by molar-refractivity contribution is 0.0600. The maximum Gasteiger partial charge on any atom is 0.337 e. The molecule has 0 aliphatic heterocycles. The van der Waals surface area contributed by atoms with Crippen LogP contribution in [0, 0.1) is 0 Å². The third-order valence-electron chi connectivity index (χ3n) is 3.28. The minimum atomic E-state index is -0.457. The Hall–Kier alpha value is -2.37. The van der Waals surface area contributed by atoms with E-state index >= 15 is 0 Å². The topological polar surface area (TPSA) is 55.4 Å². The molecule has 3 aromatic rings. The maximum absolute atomic E-state index is 12.5. The number of carbonyl (C=O) groups is 2. The van der Waals surface area contributed by atoms with E-state index in [1.165, 1.54) is 18.4 Å². The number of fused-ring (bicyclic) bond motifs is 1. The Morgan fingerprint density at radius 2 is 1.91 bits per heavy atom. The highest BCUT2D eigenvalue weighted by atomic mass is 35.5. The molecule has 23 heavy (non-hydrogen) atoms. The van der Waals surface area contributed by atoms with Crippen molar-refractivity contribution < 1.29 is 14.3 Å². The molecule has 6 heteroatoms. The molecule has 0 saturated carbocycles. The van der Waals surface area contributed by atoms with Gasteiger partial charge in [0.1, 0.15) is 4.88 Å². The molecule has 1 aromatic heterocycles. The van der Waals surface area contributed by atoms with Crippen LogP contribution >= 0.6 is 22.9 Å². The predicted octanol–water partition coefficient (Wildman–Crippen LogP) is 4.59. The van der Waals surface area contributed by atoms with Crippen LogP contribution in [-0.2, 0) is 4.74 Å². The number of esters is 1. The number of ether oxygens (including phenoxy) is 1. The van der Waals surface area contributed by atoms with Gasteiger partial charge in [0.05, 0.1) is 17.7 Å². The molecule has 1 N–H and O–H groups in total. The van der Waals surface area contributed by atoms with Crippen molar-refractivity contribution in [1.29, 1.82) is 0 Å². The second-order valence-corrected chi connectivity index (χ2v) is 6.20. The third-order valence-corrected chi connectivity index (χ3v) is 4.96. The van der Waals surface area contributed by atoms with Crippen molar-refractivity contribution in [1.82, 2.24) is 0 Å². The molecular weight excluding hydrogens is 334 g/mol. The summed E-state index contributed by atoms with van der Waals surface area (Å²) in [6, 6.07) is 14.1. The number of hydrogen-bond donors (Lipinski definition) is 1. The average molecular weight is 346 g/mol. The molecule has 0 bridgehead atoms. The van der Waals surface area contributed by atoms with Gasteiger partial charge in [0.25, 0.3) is 5.91 Å². The van der Waals surface area contributed by atoms with Crippen LogP contribution < -0.4 is 5.32 Å². The zero-order valence-corrected chi connectivity index (χ0v) is 13.7. The minimum Gasteiger partial charge on any atom is -0.465 e. The standard InChI is InChI=1S/C17H12ClNO3S/c1-22-17(21)10-5-4-6-11(9-10)19-16(20)15-14(18)12-7-2-3-8-13(12)23-15/h2-9H,1H3,(H,19,20). The van der Waals surface area contributed by atoms with E-state index in [2.05, 4.69) is 10.1 Å². The predicted molar refractivity (Wildman–Crippen MR) is 92.6 cm³/mol. The largest absolute Gasteiger partial charge is 0.465 e. The molecule has 0 atom stereocenters. The van der Waals surface area contributed by atoms with Crippen LogP contribution in [0.4, 0.5) is 5.69 Å². The minimum absolute atomic E-state index is 0.307. The number of halogens is 1. The lowest BCUT2D eigenvalue weighted by Crippen LogP contribution is -2.11. The monoisotopic (exact) mass is 345 g/mol. The Labute approximate surface area is 141 Å². The van der Waals surface area contributed by atoms with Gasteiger partial charge in [-0.25, -0.2) is 4.79 Å². The molecule has 0 radical (unpaired) electrons. The van der Waals surface area contributed by atoms with E-state index in [-0.39, 0.29) is 5.91 Å². The molecule has 3 rings (SSSR count). The van der Waals surface area contributed by atoms with E-state index in [4.69, 9.17) is 11.6 Å². The van der Waals surface area contributed by atoms with Crippen LogP contribution in [0.5, 0.6) is 0 Å². The van der Waals surface area contributed by atoms with Crippen LogP contribution in [0.25, 0.3) is 10.1 Å². The number of nitrogens with one attached hydrogen (secondary N) is 1. The fourth-order valence-corrected chi connectivity index (χ4v) is 3.60. The molecule has 0 aliphatic carbocycles. The molecule has 116 valence electrons. The van der Waals surface area contributed by atoms with Crippen molar-refractivity contribution in [2.75, 3.05) is 12.4 Å². The highest BCUT2D eigenvalue weighted by Crippen LogP contribution is 2.35. The zero-order chi connectivity index (χ0) is 16.4. The van der Waals surface area contributed by atoms with Gasteiger partial charge in [-0.05, 0) is 24.3 Å². The Morgan fingerprint density at radius 3 is 2.65 bits per heavy atom. The summed E-state index contributed by atoms with van der Waals surface area (Å²) >= 11 is 7.63. The van der Waals surface area contributed by atoms with E-state index < -0.39 is 5.97 Å². The molecule has 0 unspecified atom stereocenters. The first-order valence-electron chi connectivity index (χ1n) is 6.77. The summed E-state index contributed by atoms with van der Waals surface area (Å²) in [5, 5.41) is 4.05. The first-order valence-corrected chi connectivity index (χ1v) is 7.96. The number of hydrogen-bond acceptors (Lipinski definition) is 4. The number of thiophene rings is 1. The smallest absolute Gasteiger partial charge is 0.337 e. The Balaban J connectivity index is 1.89. The molecular formula is C17H12ClNO3S. The SMILES string of the molecule is COC(=O)c1cccc(NC(=O)c2sc3ccccc3c2Cl)c1. The van der Waals surface area contributed by atoms with Crippen LogP contribution in [0.2, 0.25) is 5.02 Å². The summed E-state index contributed by atoms with van der Waals surface area (Å²) in [6.07, 6.45) is 0. The number of methoxy groups -OCH3 is 1. The van der Waals surface area contributed by atoms with Crippen molar-refractivity contribution >= 4 is 50.6 Å². The number of benzene rings is 2. The van der Waals surface area contributed by atoms with Crippen molar-refractivity contribution in [2.24, 2.45) is 0 Å². The lowest BCUT2D eigenvalue weighted by atomic mass is 10.2. The van der Waals surface area contributed by atoms with Gasteiger partial charge in [0.2, 0.25) is 0 Å². The summed E-state index contributed by atoms with van der Waals surface area (Å²) in [6.45, 7) is 0. The Kier molecular flexibility index (Phi) is 4.32. The van der Waals surface area contributed by atoms with Gasteiger partial charge < -0.3 is 10.1 Å². The quantitative estimate of drug-likeness (QED) is 0.706. The van der Waals surface area contributed by atoms with Crippen LogP contribution in [-0.4, -0.2) is 19.0 Å². The zero-order valence-electron chi connectivity index (χ0n) is 12.1. The highest BCUT2D eigenvalue weighted by molar-refractivity contribution is 7.21. The second kappa shape index (κ2) is 6.40. The molecule has 4 nitrogen and oxygen atoms in total. The summed E-state index contributed by atoms with van der Waals surface area (Å²) in [5.74, 6) is -0.765. The first kappa shape index (κ1) is 15.5. The van der Waals surface area contributed by atoms with E-state index in [9.17, 15) is 9.59 Å². The first-order chi connectivity index (χ1) is 11.1. The molecule has 0 fully saturated rings. The van der Waals surface area contributed by atoms with Gasteiger partial charge in [-0.2, -0.15) is 0 Å². The molecule has 0 aliphatic rings. The van der Waals surface area contributed by atoms with E-state index in [0.29, 0.717) is 21.2 Å². The van der Waals surface area contributed by atoms with Crippen molar-refractivity contribution in [3.63, 3.8) is 0 Å². The van der Waals surface area contributed by atoms with Crippen molar-refractivity contribution in [3.05, 3.63) is 64.0 Å². The molecule has 0 spiro atoms. The molecule has 0 saturated heterocycles. The van der Waals surface area contributed by atoms with E-state index in [1.807, 2.05) is 24.3 Å². The summed E-state index contributed by atoms with van der Waals surface area (Å²) in [7, 11) is 1.31. The molecule has 1 heterocycles. The Bertz CT molecular complexity index is 904. The highest BCUT2D eigenvalue weighted by Gasteiger charge is 2.17. The number of amides is 1. The fourth-order valence-electron chi connectivity index (χ4n) is 2.19. The Morgan fingerprint density at radius 1 is 1.13 bits per heavy atom. The van der Waals surface area contributed by atoms with Crippen molar-refractivity contribution in [3.8, 4) is 0 Å². The van der Waals surface area contributed by atoms with Crippen LogP contribution in [0.1, 0.15) is 20.0 Å². The summed E-state index contributed by atoms with van der Waals surface area (Å²) in [5.41, 5.74) is 0.874. The average Bonchev–Trinajstić information content (AvgIpc) is 2.92. The fraction of sp³-hybridized carbons (Fsp3) is 0.0588. The summed E-state index contributed by atoms with van der Waals surface area (Å²) in [4.78, 5) is 24.4. The second-order valence-electron chi connectivity index (χ2n) is 4.77. The van der Waals surface area contributed by atoms with Crippen LogP contribution in [0.3, 0.4) is 0 Å². The number of rotatable bonds is 3. The normalized spacial score (nSPS) is 10.5. The van der Waals surface area contributed by atoms with Gasteiger partial charge in [0, 0.05) is 15.8 Å². The van der Waals surface area contributed by atoms with E-state index in [0.717, 1.165) is 10.1 Å². The lowest BCUT2D eigenvalue weighted by Gasteiger charge is -2.06. The van der Waals surface area contributed by atoms with Gasteiger partial charge in [-0.15, -0.1) is 11.3 Å². The van der Waals surface area contributed by atoms with Crippen molar-refractivity contribution in [2.45, 2.75) is 0 Å². The number of anilines is 1. The van der Waals surface area contributed by atoms with Gasteiger partial charge >= 0.3 is 5.97 Å². The molecule has 1 amide bonds. The van der Waals surface area contributed by atoms with Gasteiger partial charge in [0.15, 0.2) is 0 Å². The van der Waals surface area contributed by atoms with Crippen LogP contribution in [0.15, 0.2) is 48.5 Å². The summed E-state index contributed by atoms with van der Waals surface area (Å²) < 4.78 is 5.62. The maximum atomic E-state index is 12.5. The molecule has 2 aromatic carbocycles.